The Morgan fingerprint density at radius 2 is 2.00 bits per heavy atom. The first-order valence-electron chi connectivity index (χ1n) is 3.09. The summed E-state index contributed by atoms with van der Waals surface area (Å²) in [5.41, 5.74) is 0.0672. The summed E-state index contributed by atoms with van der Waals surface area (Å²) in [7, 11) is -4.39. The topological polar surface area (TPSA) is 71.4 Å². The summed E-state index contributed by atoms with van der Waals surface area (Å²) < 4.78 is 29.6. The predicted octanol–water partition coefficient (Wildman–Crippen LogP) is 0.574. The molecule has 0 radical (unpaired) electrons. The lowest BCUT2D eigenvalue weighted by Crippen LogP contribution is -2.28. The van der Waals surface area contributed by atoms with E-state index in [2.05, 4.69) is 13.2 Å². The van der Waals surface area contributed by atoms with Gasteiger partial charge < -0.3 is 0 Å². The van der Waals surface area contributed by atoms with Crippen LogP contribution in [0.25, 0.3) is 0 Å². The molecule has 0 rings (SSSR count). The second-order valence-electron chi connectivity index (χ2n) is 2.32. The third-order valence-corrected chi connectivity index (χ3v) is 2.26. The molecule has 5 heteroatoms. The Morgan fingerprint density at radius 1 is 1.58 bits per heavy atom. The van der Waals surface area contributed by atoms with Crippen LogP contribution in [-0.4, -0.2) is 24.0 Å². The number of allylic oxidation sites excluding steroid dienone is 1. The minimum absolute atomic E-state index is 0.0672. The van der Waals surface area contributed by atoms with Gasteiger partial charge in [-0.25, -0.2) is 0 Å². The Balaban J connectivity index is 4.96. The maximum Gasteiger partial charge on any atom is 0.279 e. The fourth-order valence-electron chi connectivity index (χ4n) is 0.607. The lowest BCUT2D eigenvalue weighted by molar-refractivity contribution is -0.114. The second kappa shape index (κ2) is 3.64. The molecule has 0 aromatic rings. The zero-order valence-corrected chi connectivity index (χ0v) is 7.47. The van der Waals surface area contributed by atoms with Crippen molar-refractivity contribution in [3.63, 3.8) is 0 Å². The Labute approximate surface area is 71.3 Å². The van der Waals surface area contributed by atoms with Crippen molar-refractivity contribution in [2.24, 2.45) is 0 Å². The van der Waals surface area contributed by atoms with Gasteiger partial charge in [-0.05, 0) is 12.5 Å². The maximum atomic E-state index is 11.0. The molecular weight excluding hydrogens is 180 g/mol. The molecule has 0 aromatic heterocycles. The highest BCUT2D eigenvalue weighted by Gasteiger charge is 2.27. The van der Waals surface area contributed by atoms with E-state index in [1.54, 1.807) is 0 Å². The molecule has 0 amide bonds. The van der Waals surface area contributed by atoms with Crippen molar-refractivity contribution < 1.29 is 17.8 Å². The third-order valence-electron chi connectivity index (χ3n) is 1.21. The van der Waals surface area contributed by atoms with E-state index in [0.717, 1.165) is 6.08 Å². The van der Waals surface area contributed by atoms with Crippen molar-refractivity contribution >= 4 is 15.9 Å². The van der Waals surface area contributed by atoms with Crippen LogP contribution in [0.1, 0.15) is 6.92 Å². The van der Waals surface area contributed by atoms with Crippen LogP contribution in [0.4, 0.5) is 0 Å². The van der Waals surface area contributed by atoms with E-state index < -0.39 is 21.2 Å². The predicted molar refractivity (Wildman–Crippen MR) is 45.4 cm³/mol. The first kappa shape index (κ1) is 11.1. The summed E-state index contributed by atoms with van der Waals surface area (Å²) in [5, 5.41) is -1.59. The summed E-state index contributed by atoms with van der Waals surface area (Å²) in [5.74, 6) is -0.743. The summed E-state index contributed by atoms with van der Waals surface area (Å²) in [6.45, 7) is 7.76. The molecule has 0 aliphatic carbocycles. The van der Waals surface area contributed by atoms with Gasteiger partial charge in [0.2, 0.25) is 0 Å². The van der Waals surface area contributed by atoms with E-state index in [1.807, 2.05) is 0 Å². The van der Waals surface area contributed by atoms with E-state index >= 15 is 0 Å². The lowest BCUT2D eigenvalue weighted by atomic mass is 10.1. The first-order valence-corrected chi connectivity index (χ1v) is 4.59. The number of hydrogen-bond acceptors (Lipinski definition) is 3. The van der Waals surface area contributed by atoms with Crippen molar-refractivity contribution in [1.82, 2.24) is 0 Å². The number of ketones is 1. The smallest absolute Gasteiger partial charge is 0.279 e. The molecule has 1 N–H and O–H groups in total. The normalized spacial score (nSPS) is 13.5. The maximum absolute atomic E-state index is 11.0. The van der Waals surface area contributed by atoms with Gasteiger partial charge in [-0.3, -0.25) is 9.35 Å². The molecular formula is C7H10O4S. The molecule has 68 valence electrons. The van der Waals surface area contributed by atoms with E-state index in [9.17, 15) is 13.2 Å². The second-order valence-corrected chi connectivity index (χ2v) is 3.85. The summed E-state index contributed by atoms with van der Waals surface area (Å²) in [4.78, 5) is 11.0. The first-order chi connectivity index (χ1) is 5.30. The van der Waals surface area contributed by atoms with Crippen molar-refractivity contribution in [1.29, 1.82) is 0 Å². The molecule has 4 nitrogen and oxygen atoms in total. The number of carbonyl (C=O) groups is 1. The van der Waals surface area contributed by atoms with Crippen molar-refractivity contribution in [2.45, 2.75) is 12.2 Å². The average Bonchev–Trinajstić information content (AvgIpc) is 1.85. The van der Waals surface area contributed by atoms with Gasteiger partial charge >= 0.3 is 0 Å². The molecule has 0 aromatic carbocycles. The van der Waals surface area contributed by atoms with Crippen LogP contribution in [0.2, 0.25) is 0 Å². The molecule has 0 spiro atoms. The highest BCUT2D eigenvalue weighted by molar-refractivity contribution is 7.87. The van der Waals surface area contributed by atoms with Gasteiger partial charge in [0.15, 0.2) is 11.0 Å². The number of rotatable bonds is 4. The number of Topliss-reactive ketones (excluding diaryl/α,β-unsaturated/α-hetero) is 1. The fraction of sp³-hybridized carbons (Fsp3) is 0.286. The number of hydrogen-bond donors (Lipinski definition) is 1. The van der Waals surface area contributed by atoms with Crippen LogP contribution in [-0.2, 0) is 14.9 Å². The highest BCUT2D eigenvalue weighted by atomic mass is 32.2. The summed E-state index contributed by atoms with van der Waals surface area (Å²) >= 11 is 0. The summed E-state index contributed by atoms with van der Waals surface area (Å²) in [6, 6.07) is 0. The average molecular weight is 190 g/mol. The summed E-state index contributed by atoms with van der Waals surface area (Å²) in [6.07, 6.45) is 0.867. The standard InChI is InChI=1S/C7H10O4S/c1-4-6(12(9,10)11)7(8)5(2)3/h4,6H,1-2H2,3H3,(H,9,10,11). The van der Waals surface area contributed by atoms with Crippen molar-refractivity contribution in [3.8, 4) is 0 Å². The van der Waals surface area contributed by atoms with Gasteiger partial charge in [-0.1, -0.05) is 12.7 Å². The molecule has 0 aliphatic rings. The van der Waals surface area contributed by atoms with Crippen LogP contribution in [0, 0.1) is 0 Å². The Hall–Kier alpha value is -0.940. The van der Waals surface area contributed by atoms with Gasteiger partial charge in [0.05, 0.1) is 0 Å². The van der Waals surface area contributed by atoms with Crippen LogP contribution in [0.15, 0.2) is 24.8 Å². The SMILES string of the molecule is C=CC(C(=O)C(=C)C)S(=O)(=O)O. The molecule has 0 fully saturated rings. The fourth-order valence-corrected chi connectivity index (χ4v) is 1.32. The molecule has 0 bridgehead atoms. The molecule has 1 atom stereocenters. The largest absolute Gasteiger partial charge is 0.293 e. The Morgan fingerprint density at radius 3 is 2.08 bits per heavy atom. The molecule has 0 saturated heterocycles. The molecule has 12 heavy (non-hydrogen) atoms. The third kappa shape index (κ3) is 2.60. The van der Waals surface area contributed by atoms with Gasteiger partial charge in [-0.15, -0.1) is 6.58 Å². The van der Waals surface area contributed by atoms with Gasteiger partial charge in [0.1, 0.15) is 0 Å². The monoisotopic (exact) mass is 190 g/mol. The van der Waals surface area contributed by atoms with Gasteiger partial charge in [-0.2, -0.15) is 8.42 Å². The van der Waals surface area contributed by atoms with Gasteiger partial charge in [0, 0.05) is 0 Å². The molecule has 1 unspecified atom stereocenters. The quantitative estimate of drug-likeness (QED) is 0.399. The minimum atomic E-state index is -4.39. The Bertz CT molecular complexity index is 312. The minimum Gasteiger partial charge on any atom is -0.293 e. The zero-order chi connectivity index (χ0) is 9.94. The van der Waals surface area contributed by atoms with E-state index in [-0.39, 0.29) is 5.57 Å². The molecule has 0 aliphatic heterocycles. The zero-order valence-electron chi connectivity index (χ0n) is 6.65. The van der Waals surface area contributed by atoms with Crippen LogP contribution < -0.4 is 0 Å². The van der Waals surface area contributed by atoms with E-state index in [1.165, 1.54) is 6.92 Å². The molecule has 0 heterocycles. The van der Waals surface area contributed by atoms with Crippen LogP contribution in [0.3, 0.4) is 0 Å². The van der Waals surface area contributed by atoms with Crippen molar-refractivity contribution in [2.75, 3.05) is 0 Å². The van der Waals surface area contributed by atoms with E-state index in [0.29, 0.717) is 0 Å². The Kier molecular flexibility index (Phi) is 3.36. The van der Waals surface area contributed by atoms with Gasteiger partial charge in [0.25, 0.3) is 10.1 Å². The number of carbonyl (C=O) groups excluding carboxylic acids is 1. The molecule has 0 saturated carbocycles. The highest BCUT2D eigenvalue weighted by Crippen LogP contribution is 2.06. The van der Waals surface area contributed by atoms with E-state index in [4.69, 9.17) is 4.55 Å². The van der Waals surface area contributed by atoms with Crippen LogP contribution >= 0.6 is 0 Å². The van der Waals surface area contributed by atoms with Crippen molar-refractivity contribution in [3.05, 3.63) is 24.8 Å². The van der Waals surface area contributed by atoms with Crippen LogP contribution in [0.5, 0.6) is 0 Å². The lowest BCUT2D eigenvalue weighted by Gasteiger charge is -2.06.